The van der Waals surface area contributed by atoms with E-state index in [0.717, 1.165) is 22.3 Å². The molecule has 1 atom stereocenters. The first-order valence-electron chi connectivity index (χ1n) is 9.24. The van der Waals surface area contributed by atoms with Crippen molar-refractivity contribution < 1.29 is 28.9 Å². The van der Waals surface area contributed by atoms with E-state index in [4.69, 9.17) is 9.47 Å². The van der Waals surface area contributed by atoms with E-state index in [1.165, 1.54) is 0 Å². The molecule has 0 radical (unpaired) electrons. The number of ether oxygens (including phenoxy) is 2. The molecule has 1 aliphatic rings. The maximum Gasteiger partial charge on any atom is 0.407 e. The Morgan fingerprint density at radius 3 is 2.03 bits per heavy atom. The highest BCUT2D eigenvalue weighted by Gasteiger charge is 2.30. The molecule has 2 N–H and O–H groups in total. The number of rotatable bonds is 6. The Morgan fingerprint density at radius 2 is 1.55 bits per heavy atom. The summed E-state index contributed by atoms with van der Waals surface area (Å²) in [5.74, 6) is -1.25. The summed E-state index contributed by atoms with van der Waals surface area (Å²) < 4.78 is 10.9. The SMILES string of the molecule is CC(C)(C)OC[C@H](NC(=O)OCC1c2ccccc2-c2ccccc21)C(=O)O.F. The highest BCUT2D eigenvalue weighted by atomic mass is 19.0. The topological polar surface area (TPSA) is 84.9 Å². The summed E-state index contributed by atoms with van der Waals surface area (Å²) in [6.45, 7) is 5.45. The van der Waals surface area contributed by atoms with Crippen LogP contribution in [0.25, 0.3) is 11.1 Å². The Labute approximate surface area is 169 Å². The Hall–Kier alpha value is -2.93. The van der Waals surface area contributed by atoms with E-state index >= 15 is 0 Å². The molecule has 1 amide bonds. The van der Waals surface area contributed by atoms with Gasteiger partial charge in [0.2, 0.25) is 0 Å². The second-order valence-electron chi connectivity index (χ2n) is 7.78. The molecule has 29 heavy (non-hydrogen) atoms. The quantitative estimate of drug-likeness (QED) is 0.763. The number of nitrogens with one attached hydrogen (secondary N) is 1. The van der Waals surface area contributed by atoms with E-state index < -0.39 is 23.7 Å². The monoisotopic (exact) mass is 403 g/mol. The summed E-state index contributed by atoms with van der Waals surface area (Å²) in [6, 6.07) is 14.9. The van der Waals surface area contributed by atoms with Crippen molar-refractivity contribution in [2.45, 2.75) is 38.3 Å². The molecule has 7 heteroatoms. The molecular weight excluding hydrogens is 377 g/mol. The molecule has 0 heterocycles. The fourth-order valence-corrected chi connectivity index (χ4v) is 3.29. The maximum absolute atomic E-state index is 12.2. The maximum atomic E-state index is 12.2. The third-order valence-electron chi connectivity index (χ3n) is 4.62. The third-order valence-corrected chi connectivity index (χ3v) is 4.62. The molecule has 2 aromatic carbocycles. The van der Waals surface area contributed by atoms with Crippen molar-refractivity contribution in [2.75, 3.05) is 13.2 Å². The molecule has 0 aliphatic heterocycles. The van der Waals surface area contributed by atoms with Gasteiger partial charge in [0.05, 0.1) is 12.2 Å². The molecule has 0 spiro atoms. The van der Waals surface area contributed by atoms with Crippen LogP contribution in [0.15, 0.2) is 48.5 Å². The van der Waals surface area contributed by atoms with Crippen molar-refractivity contribution in [3.05, 3.63) is 59.7 Å². The van der Waals surface area contributed by atoms with Crippen LogP contribution in [0, 0.1) is 0 Å². The summed E-state index contributed by atoms with van der Waals surface area (Å²) in [7, 11) is 0. The number of hydrogen-bond donors (Lipinski definition) is 2. The third kappa shape index (κ3) is 5.32. The van der Waals surface area contributed by atoms with Gasteiger partial charge in [-0.2, -0.15) is 0 Å². The first-order valence-corrected chi connectivity index (χ1v) is 9.24. The zero-order valence-corrected chi connectivity index (χ0v) is 16.7. The molecule has 0 saturated carbocycles. The van der Waals surface area contributed by atoms with Crippen LogP contribution < -0.4 is 5.32 Å². The van der Waals surface area contributed by atoms with E-state index in [9.17, 15) is 14.7 Å². The Balaban J connectivity index is 0.00000300. The van der Waals surface area contributed by atoms with Gasteiger partial charge in [-0.25, -0.2) is 9.59 Å². The number of aliphatic carboxylic acids is 1. The molecule has 3 rings (SSSR count). The molecular formula is C22H26FNO5. The zero-order chi connectivity index (χ0) is 20.3. The Morgan fingerprint density at radius 1 is 1.03 bits per heavy atom. The van der Waals surface area contributed by atoms with Gasteiger partial charge in [-0.05, 0) is 43.0 Å². The summed E-state index contributed by atoms with van der Waals surface area (Å²) in [5.41, 5.74) is 3.96. The average molecular weight is 403 g/mol. The average Bonchev–Trinajstić information content (AvgIpc) is 2.96. The van der Waals surface area contributed by atoms with E-state index in [0.29, 0.717) is 0 Å². The Bertz CT molecular complexity index is 832. The minimum Gasteiger partial charge on any atom is -0.480 e. The number of benzene rings is 2. The van der Waals surface area contributed by atoms with Crippen LogP contribution in [0.4, 0.5) is 9.50 Å². The lowest BCUT2D eigenvalue weighted by molar-refractivity contribution is -0.142. The van der Waals surface area contributed by atoms with Crippen molar-refractivity contribution in [3.63, 3.8) is 0 Å². The molecule has 0 aromatic heterocycles. The zero-order valence-electron chi connectivity index (χ0n) is 16.7. The van der Waals surface area contributed by atoms with Crippen molar-refractivity contribution in [1.29, 1.82) is 0 Å². The van der Waals surface area contributed by atoms with Crippen molar-refractivity contribution in [1.82, 2.24) is 5.32 Å². The van der Waals surface area contributed by atoms with Crippen LogP contribution in [-0.4, -0.2) is 42.0 Å². The number of carbonyl (C=O) groups excluding carboxylic acids is 1. The molecule has 2 aromatic rings. The highest BCUT2D eigenvalue weighted by molar-refractivity contribution is 5.81. The van der Waals surface area contributed by atoms with Crippen LogP contribution in [0.5, 0.6) is 0 Å². The lowest BCUT2D eigenvalue weighted by Crippen LogP contribution is -2.45. The molecule has 1 aliphatic carbocycles. The predicted molar refractivity (Wildman–Crippen MR) is 108 cm³/mol. The highest BCUT2D eigenvalue weighted by Crippen LogP contribution is 2.44. The van der Waals surface area contributed by atoms with E-state index in [2.05, 4.69) is 17.4 Å². The summed E-state index contributed by atoms with van der Waals surface area (Å²) in [5, 5.41) is 11.7. The fraction of sp³-hybridized carbons (Fsp3) is 0.364. The number of hydrogen-bond acceptors (Lipinski definition) is 4. The van der Waals surface area contributed by atoms with Gasteiger partial charge < -0.3 is 19.9 Å². The standard InChI is InChI=1S/C22H25NO5.FH/c1-22(2,3)28-13-19(20(24)25)23-21(26)27-12-18-16-10-6-4-8-14(16)15-9-5-7-11-17(15)18;/h4-11,18-19H,12-13H2,1-3H3,(H,23,26)(H,24,25);1H/t19-;/m0./s1. The van der Waals surface area contributed by atoms with Gasteiger partial charge in [-0.1, -0.05) is 48.5 Å². The van der Waals surface area contributed by atoms with Gasteiger partial charge in [0, 0.05) is 5.92 Å². The van der Waals surface area contributed by atoms with Gasteiger partial charge in [0.1, 0.15) is 6.61 Å². The molecule has 0 bridgehead atoms. The molecule has 6 nitrogen and oxygen atoms in total. The smallest absolute Gasteiger partial charge is 0.407 e. The normalized spacial score (nSPS) is 13.6. The Kier molecular flexibility index (Phi) is 6.97. The molecule has 0 saturated heterocycles. The second kappa shape index (κ2) is 9.05. The van der Waals surface area contributed by atoms with Gasteiger partial charge in [-0.3, -0.25) is 4.70 Å². The van der Waals surface area contributed by atoms with Gasteiger partial charge in [0.15, 0.2) is 6.04 Å². The number of fused-ring (bicyclic) bond motifs is 3. The van der Waals surface area contributed by atoms with Crippen LogP contribution >= 0.6 is 0 Å². The second-order valence-corrected chi connectivity index (χ2v) is 7.78. The number of halogens is 1. The largest absolute Gasteiger partial charge is 0.480 e. The van der Waals surface area contributed by atoms with Crippen LogP contribution in [0.2, 0.25) is 0 Å². The summed E-state index contributed by atoms with van der Waals surface area (Å²) >= 11 is 0. The van der Waals surface area contributed by atoms with Crippen molar-refractivity contribution >= 4 is 12.1 Å². The van der Waals surface area contributed by atoms with Crippen LogP contribution in [0.1, 0.15) is 37.8 Å². The number of carboxylic acids is 1. The lowest BCUT2D eigenvalue weighted by atomic mass is 9.98. The fourth-order valence-electron chi connectivity index (χ4n) is 3.29. The van der Waals surface area contributed by atoms with Gasteiger partial charge in [-0.15, -0.1) is 0 Å². The van der Waals surface area contributed by atoms with E-state index in [-0.39, 0.29) is 23.8 Å². The minimum absolute atomic E-state index is 0. The minimum atomic E-state index is -1.17. The van der Waals surface area contributed by atoms with Gasteiger partial charge >= 0.3 is 12.1 Å². The summed E-state index contributed by atoms with van der Waals surface area (Å²) in [4.78, 5) is 23.6. The molecule has 0 unspecified atom stereocenters. The van der Waals surface area contributed by atoms with E-state index in [1.807, 2.05) is 57.2 Å². The van der Waals surface area contributed by atoms with Crippen molar-refractivity contribution in [2.24, 2.45) is 0 Å². The van der Waals surface area contributed by atoms with Crippen LogP contribution in [0.3, 0.4) is 0 Å². The molecule has 156 valence electrons. The number of amides is 1. The number of carbonyl (C=O) groups is 2. The number of carboxylic acid groups (broad SMARTS) is 1. The first kappa shape index (κ1) is 22.4. The van der Waals surface area contributed by atoms with Gasteiger partial charge in [0.25, 0.3) is 0 Å². The molecule has 0 fully saturated rings. The number of alkyl carbamates (subject to hydrolysis) is 1. The lowest BCUT2D eigenvalue weighted by Gasteiger charge is -2.23. The van der Waals surface area contributed by atoms with Crippen LogP contribution in [-0.2, 0) is 14.3 Å². The first-order chi connectivity index (χ1) is 13.3. The van der Waals surface area contributed by atoms with Crippen molar-refractivity contribution in [3.8, 4) is 11.1 Å². The predicted octanol–water partition coefficient (Wildman–Crippen LogP) is 3.95. The summed E-state index contributed by atoms with van der Waals surface area (Å²) in [6.07, 6.45) is -0.772. The van der Waals surface area contributed by atoms with E-state index in [1.54, 1.807) is 0 Å².